The van der Waals surface area contributed by atoms with E-state index in [4.69, 9.17) is 25.3 Å². The van der Waals surface area contributed by atoms with Crippen LogP contribution >= 0.6 is 8.30 Å². The van der Waals surface area contributed by atoms with E-state index in [0.717, 1.165) is 0 Å². The van der Waals surface area contributed by atoms with Crippen LogP contribution in [-0.4, -0.2) is 51.0 Å². The van der Waals surface area contributed by atoms with E-state index in [-0.39, 0.29) is 12.5 Å². The lowest BCUT2D eigenvalue weighted by Crippen LogP contribution is -2.48. The molecule has 84 valence electrons. The second-order valence-corrected chi connectivity index (χ2v) is 4.72. The largest absolute Gasteiger partial charge is 0.390 e. The predicted molar refractivity (Wildman–Crippen MR) is 50.3 cm³/mol. The third-order valence-corrected chi connectivity index (χ3v) is 2.92. The van der Waals surface area contributed by atoms with E-state index >= 15 is 0 Å². The Kier molecular flexibility index (Phi) is 4.66. The molecule has 14 heavy (non-hydrogen) atoms. The van der Waals surface area contributed by atoms with Crippen molar-refractivity contribution in [3.8, 4) is 0 Å². The molecule has 0 aromatic rings. The van der Waals surface area contributed by atoms with E-state index in [1.807, 2.05) is 0 Å². The molecule has 6 nitrogen and oxygen atoms in total. The molecule has 5 unspecified atom stereocenters. The van der Waals surface area contributed by atoms with Gasteiger partial charge in [0.1, 0.15) is 6.10 Å². The Morgan fingerprint density at radius 2 is 2.00 bits per heavy atom. The smallest absolute Gasteiger partial charge is 0.183 e. The van der Waals surface area contributed by atoms with Crippen LogP contribution in [0.4, 0.5) is 0 Å². The molecule has 1 aliphatic rings. The van der Waals surface area contributed by atoms with Gasteiger partial charge in [0.25, 0.3) is 0 Å². The van der Waals surface area contributed by atoms with Crippen molar-refractivity contribution in [3.63, 3.8) is 0 Å². The van der Waals surface area contributed by atoms with Crippen LogP contribution in [0.1, 0.15) is 12.8 Å². The van der Waals surface area contributed by atoms with E-state index in [2.05, 4.69) is 0 Å². The Balaban J connectivity index is 2.34. The van der Waals surface area contributed by atoms with Crippen molar-refractivity contribution in [2.24, 2.45) is 5.50 Å². The summed E-state index contributed by atoms with van der Waals surface area (Å²) in [7, 11) is -1.47. The Morgan fingerprint density at radius 1 is 1.36 bits per heavy atom. The van der Waals surface area contributed by atoms with Crippen molar-refractivity contribution in [1.82, 2.24) is 0 Å². The topological polar surface area (TPSA) is 116 Å². The van der Waals surface area contributed by atoms with Crippen molar-refractivity contribution < 1.29 is 24.9 Å². The van der Waals surface area contributed by atoms with Crippen LogP contribution in [0.2, 0.25) is 0 Å². The maximum Gasteiger partial charge on any atom is 0.183 e. The number of hydrogen-bond acceptors (Lipinski definition) is 6. The molecule has 0 amide bonds. The summed E-state index contributed by atoms with van der Waals surface area (Å²) in [6.07, 6.45) is -2.82. The van der Waals surface area contributed by atoms with Gasteiger partial charge in [-0.1, -0.05) is 0 Å². The lowest BCUT2D eigenvalue weighted by molar-refractivity contribution is -0.246. The van der Waals surface area contributed by atoms with E-state index in [1.165, 1.54) is 0 Å². The van der Waals surface area contributed by atoms with Gasteiger partial charge in [-0.2, -0.15) is 0 Å². The van der Waals surface area contributed by atoms with Crippen LogP contribution in [0.5, 0.6) is 0 Å². The van der Waals surface area contributed by atoms with Gasteiger partial charge in [0, 0.05) is 12.6 Å². The quantitative estimate of drug-likeness (QED) is 0.372. The molecule has 0 spiro atoms. The normalized spacial score (nSPS) is 40.9. The summed E-state index contributed by atoms with van der Waals surface area (Å²) in [5.41, 5.74) is 5.20. The molecule has 0 aromatic carbocycles. The number of rotatable bonds is 3. The van der Waals surface area contributed by atoms with E-state index < -0.39 is 26.8 Å². The molecule has 1 saturated heterocycles. The number of aliphatic hydroxyl groups excluding tert-OH is 3. The van der Waals surface area contributed by atoms with Gasteiger partial charge >= 0.3 is 0 Å². The minimum Gasteiger partial charge on any atom is -0.390 e. The fourth-order valence-electron chi connectivity index (χ4n) is 1.39. The average molecular weight is 225 g/mol. The molecule has 5 atom stereocenters. The van der Waals surface area contributed by atoms with Crippen molar-refractivity contribution in [2.45, 2.75) is 37.4 Å². The highest BCUT2D eigenvalue weighted by atomic mass is 31.2. The molecular weight excluding hydrogens is 209 g/mol. The van der Waals surface area contributed by atoms with Crippen LogP contribution < -0.4 is 5.50 Å². The molecule has 0 aromatic heterocycles. The molecule has 0 aliphatic carbocycles. The molecule has 1 fully saturated rings. The molecule has 0 saturated carbocycles. The molecule has 1 aliphatic heterocycles. The lowest BCUT2D eigenvalue weighted by atomic mass is 10.0. The number of ether oxygens (including phenoxy) is 1. The van der Waals surface area contributed by atoms with E-state index in [9.17, 15) is 5.11 Å². The van der Waals surface area contributed by atoms with Crippen LogP contribution in [0.3, 0.4) is 0 Å². The van der Waals surface area contributed by atoms with Gasteiger partial charge in [-0.3, -0.25) is 5.50 Å². The third-order valence-electron chi connectivity index (χ3n) is 2.20. The summed E-state index contributed by atoms with van der Waals surface area (Å²) in [6, 6.07) is 0. The van der Waals surface area contributed by atoms with Gasteiger partial charge in [0.15, 0.2) is 6.29 Å². The Bertz CT molecular complexity index is 169. The molecule has 0 radical (unpaired) electrons. The van der Waals surface area contributed by atoms with Crippen molar-refractivity contribution in [2.75, 3.05) is 6.16 Å². The first kappa shape index (κ1) is 12.3. The summed E-state index contributed by atoms with van der Waals surface area (Å²) in [5.74, 6) is 0. The highest BCUT2D eigenvalue weighted by Crippen LogP contribution is 2.26. The summed E-state index contributed by atoms with van der Waals surface area (Å²) in [5, 5.41) is 27.6. The summed E-state index contributed by atoms with van der Waals surface area (Å²) in [4.78, 5) is 8.88. The number of hydrogen-bond donors (Lipinski definition) is 5. The van der Waals surface area contributed by atoms with Gasteiger partial charge in [-0.15, -0.1) is 0 Å². The predicted octanol–water partition coefficient (Wildman–Crippen LogP) is -1.53. The Morgan fingerprint density at radius 3 is 2.50 bits per heavy atom. The van der Waals surface area contributed by atoms with Crippen molar-refractivity contribution >= 4 is 8.30 Å². The van der Waals surface area contributed by atoms with Crippen LogP contribution in [0.25, 0.3) is 0 Å². The van der Waals surface area contributed by atoms with Gasteiger partial charge in [0.2, 0.25) is 0 Å². The highest BCUT2D eigenvalue weighted by Gasteiger charge is 2.35. The second-order valence-electron chi connectivity index (χ2n) is 3.39. The summed E-state index contributed by atoms with van der Waals surface area (Å²) >= 11 is 0. The standard InChI is InChI=1S/C7H16NO5P/c8-14(12)2-1-4-3-5(9)6(10)7(11)13-4/h4-7,9-12H,1-3,8H2. The first-order chi connectivity index (χ1) is 6.50. The first-order valence-electron chi connectivity index (χ1n) is 4.41. The molecule has 7 heteroatoms. The van der Waals surface area contributed by atoms with E-state index in [0.29, 0.717) is 12.6 Å². The minimum absolute atomic E-state index is 0.251. The zero-order chi connectivity index (χ0) is 10.7. The van der Waals surface area contributed by atoms with Gasteiger partial charge in [-0.05, 0) is 6.42 Å². The van der Waals surface area contributed by atoms with Crippen LogP contribution in [-0.2, 0) is 4.74 Å². The maximum absolute atomic E-state index is 9.31. The van der Waals surface area contributed by atoms with Gasteiger partial charge < -0.3 is 24.9 Å². The minimum atomic E-state index is -1.47. The number of nitrogens with two attached hydrogens (primary N) is 1. The molecule has 6 N–H and O–H groups in total. The van der Waals surface area contributed by atoms with Crippen molar-refractivity contribution in [1.29, 1.82) is 0 Å². The SMILES string of the molecule is NP(O)CCC1CC(O)C(O)C(O)O1. The fraction of sp³-hybridized carbons (Fsp3) is 1.00. The Labute approximate surface area is 83.2 Å². The number of aliphatic hydroxyl groups is 3. The summed E-state index contributed by atoms with van der Waals surface area (Å²) < 4.78 is 5.01. The average Bonchev–Trinajstić information content (AvgIpc) is 2.10. The zero-order valence-corrected chi connectivity index (χ0v) is 8.55. The maximum atomic E-state index is 9.31. The summed E-state index contributed by atoms with van der Waals surface area (Å²) in [6.45, 7) is 0. The highest BCUT2D eigenvalue weighted by molar-refractivity contribution is 7.48. The monoisotopic (exact) mass is 225 g/mol. The molecule has 0 bridgehead atoms. The molecular formula is C7H16NO5P. The lowest BCUT2D eigenvalue weighted by Gasteiger charge is -2.34. The fourth-order valence-corrected chi connectivity index (χ4v) is 1.95. The zero-order valence-electron chi connectivity index (χ0n) is 7.65. The van der Waals surface area contributed by atoms with Gasteiger partial charge in [-0.25, -0.2) is 0 Å². The van der Waals surface area contributed by atoms with Crippen LogP contribution in [0.15, 0.2) is 0 Å². The first-order valence-corrected chi connectivity index (χ1v) is 5.96. The van der Waals surface area contributed by atoms with Crippen LogP contribution in [0, 0.1) is 0 Å². The third kappa shape index (κ3) is 3.40. The second kappa shape index (κ2) is 5.32. The van der Waals surface area contributed by atoms with E-state index in [1.54, 1.807) is 0 Å². The van der Waals surface area contributed by atoms with Crippen molar-refractivity contribution in [3.05, 3.63) is 0 Å². The Hall–Kier alpha value is 0.190. The van der Waals surface area contributed by atoms with Gasteiger partial charge in [0.05, 0.1) is 20.5 Å². The molecule has 1 heterocycles. The molecule has 1 rings (SSSR count).